The van der Waals surface area contributed by atoms with Crippen LogP contribution in [-0.2, 0) is 14.4 Å². The molecule has 1 fully saturated rings. The number of amides is 3. The Bertz CT molecular complexity index is 920. The molecular weight excluding hydrogens is 432 g/mol. The van der Waals surface area contributed by atoms with Crippen LogP contribution in [0.15, 0.2) is 12.1 Å². The van der Waals surface area contributed by atoms with Crippen molar-refractivity contribution in [3.63, 3.8) is 0 Å². The molecule has 1 aromatic heterocycles. The third-order valence-corrected chi connectivity index (χ3v) is 5.83. The molecule has 3 heterocycles. The number of carbonyl (C=O) groups is 3. The summed E-state index contributed by atoms with van der Waals surface area (Å²) in [5.74, 6) is 0.370. The summed E-state index contributed by atoms with van der Waals surface area (Å²) in [6, 6.07) is 3.68. The number of ether oxygens (including phenoxy) is 2. The number of benzene rings is 1. The van der Waals surface area contributed by atoms with Crippen LogP contribution < -0.4 is 14.4 Å². The summed E-state index contributed by atoms with van der Waals surface area (Å²) in [5, 5.41) is 0.522. The van der Waals surface area contributed by atoms with Gasteiger partial charge in [0.05, 0.1) is 10.2 Å². The van der Waals surface area contributed by atoms with Crippen LogP contribution >= 0.6 is 23.7 Å². The molecule has 4 rings (SSSR count). The van der Waals surface area contributed by atoms with Gasteiger partial charge in [0.15, 0.2) is 16.6 Å². The first kappa shape index (κ1) is 22.3. The monoisotopic (exact) mass is 454 g/mol. The minimum atomic E-state index is -0.327. The molecule has 162 valence electrons. The summed E-state index contributed by atoms with van der Waals surface area (Å²) in [7, 11) is 3.83. The van der Waals surface area contributed by atoms with Crippen LogP contribution in [-0.4, -0.2) is 79.4 Å². The van der Waals surface area contributed by atoms with Gasteiger partial charge in [0.1, 0.15) is 19.8 Å². The Labute approximate surface area is 183 Å². The molecule has 9 nitrogen and oxygen atoms in total. The lowest BCUT2D eigenvalue weighted by atomic mass is 10.3. The molecule has 30 heavy (non-hydrogen) atoms. The van der Waals surface area contributed by atoms with Gasteiger partial charge in [0, 0.05) is 38.1 Å². The number of halogens is 1. The Morgan fingerprint density at radius 2 is 1.73 bits per heavy atom. The van der Waals surface area contributed by atoms with Crippen molar-refractivity contribution in [1.82, 2.24) is 14.8 Å². The number of carbonyl (C=O) groups excluding carboxylic acids is 3. The molecule has 11 heteroatoms. The standard InChI is InChI=1S/C19H22N4O5S.ClH/c1-21(2)5-6-22(18(26)11-23-16(24)3-4-17(23)25)19-20-12-9-13-14(10-15(12)29-19)28-8-7-27-13;/h9-10H,3-8,11H2,1-2H3;1H. The van der Waals surface area contributed by atoms with E-state index in [1.165, 1.54) is 11.3 Å². The summed E-state index contributed by atoms with van der Waals surface area (Å²) in [4.78, 5) is 46.0. The SMILES string of the molecule is CN(C)CCN(C(=O)CN1C(=O)CCC1=O)c1nc2cc3c(cc2s1)OCCO3.Cl. The zero-order valence-electron chi connectivity index (χ0n) is 16.8. The van der Waals surface area contributed by atoms with Gasteiger partial charge in [-0.1, -0.05) is 11.3 Å². The predicted octanol–water partition coefficient (Wildman–Crippen LogP) is 1.53. The van der Waals surface area contributed by atoms with Crippen molar-refractivity contribution in [3.05, 3.63) is 12.1 Å². The zero-order chi connectivity index (χ0) is 20.5. The highest BCUT2D eigenvalue weighted by Crippen LogP contribution is 2.38. The van der Waals surface area contributed by atoms with Crippen molar-refractivity contribution in [1.29, 1.82) is 0 Å². The number of hydrogen-bond donors (Lipinski definition) is 0. The molecule has 3 amide bonds. The number of hydrogen-bond acceptors (Lipinski definition) is 8. The Morgan fingerprint density at radius 3 is 2.37 bits per heavy atom. The molecule has 0 atom stereocenters. The van der Waals surface area contributed by atoms with Gasteiger partial charge in [0.2, 0.25) is 17.7 Å². The van der Waals surface area contributed by atoms with Crippen LogP contribution in [0.4, 0.5) is 5.13 Å². The van der Waals surface area contributed by atoms with E-state index < -0.39 is 0 Å². The summed E-state index contributed by atoms with van der Waals surface area (Å²) in [5.41, 5.74) is 0.713. The van der Waals surface area contributed by atoms with Gasteiger partial charge in [-0.2, -0.15) is 0 Å². The highest BCUT2D eigenvalue weighted by atomic mass is 35.5. The Balaban J connectivity index is 0.00000256. The van der Waals surface area contributed by atoms with Crippen molar-refractivity contribution in [2.24, 2.45) is 0 Å². The number of likely N-dealkylation sites (tertiary alicyclic amines) is 1. The van der Waals surface area contributed by atoms with Crippen LogP contribution in [0.1, 0.15) is 12.8 Å². The molecule has 0 aliphatic carbocycles. The van der Waals surface area contributed by atoms with Crippen LogP contribution in [0.5, 0.6) is 11.5 Å². The number of likely N-dealkylation sites (N-methyl/N-ethyl adjacent to an activating group) is 1. The second-order valence-electron chi connectivity index (χ2n) is 7.18. The van der Waals surface area contributed by atoms with Gasteiger partial charge < -0.3 is 14.4 Å². The Kier molecular flexibility index (Phi) is 6.79. The number of fused-ring (bicyclic) bond motifs is 2. The fraction of sp³-hybridized carbons (Fsp3) is 0.474. The molecule has 0 radical (unpaired) electrons. The highest BCUT2D eigenvalue weighted by Gasteiger charge is 2.33. The van der Waals surface area contributed by atoms with E-state index in [0.717, 1.165) is 9.60 Å². The van der Waals surface area contributed by atoms with E-state index in [1.54, 1.807) is 4.90 Å². The molecule has 0 N–H and O–H groups in total. The molecule has 0 saturated carbocycles. The van der Waals surface area contributed by atoms with Gasteiger partial charge >= 0.3 is 0 Å². The maximum absolute atomic E-state index is 13.0. The third-order valence-electron chi connectivity index (χ3n) is 4.79. The molecule has 0 spiro atoms. The van der Waals surface area contributed by atoms with Crippen molar-refractivity contribution in [3.8, 4) is 11.5 Å². The van der Waals surface area contributed by atoms with E-state index in [9.17, 15) is 14.4 Å². The second-order valence-corrected chi connectivity index (χ2v) is 8.19. The molecule has 0 unspecified atom stereocenters. The largest absolute Gasteiger partial charge is 0.486 e. The molecule has 2 aliphatic heterocycles. The van der Waals surface area contributed by atoms with Gasteiger partial charge in [-0.15, -0.1) is 12.4 Å². The minimum Gasteiger partial charge on any atom is -0.486 e. The first-order valence-corrected chi connectivity index (χ1v) is 10.2. The Morgan fingerprint density at radius 1 is 1.10 bits per heavy atom. The predicted molar refractivity (Wildman–Crippen MR) is 115 cm³/mol. The lowest BCUT2D eigenvalue weighted by molar-refractivity contribution is -0.141. The third kappa shape index (κ3) is 4.50. The van der Waals surface area contributed by atoms with Crippen LogP contribution in [0, 0.1) is 0 Å². The van der Waals surface area contributed by atoms with Crippen molar-refractivity contribution < 1.29 is 23.9 Å². The lowest BCUT2D eigenvalue weighted by Crippen LogP contribution is -2.44. The maximum atomic E-state index is 13.0. The fourth-order valence-corrected chi connectivity index (χ4v) is 4.23. The second kappa shape index (κ2) is 9.15. The zero-order valence-corrected chi connectivity index (χ0v) is 18.4. The summed E-state index contributed by atoms with van der Waals surface area (Å²) in [6.45, 7) is 1.74. The summed E-state index contributed by atoms with van der Waals surface area (Å²) < 4.78 is 12.1. The number of aromatic nitrogens is 1. The summed E-state index contributed by atoms with van der Waals surface area (Å²) in [6.07, 6.45) is 0.326. The maximum Gasteiger partial charge on any atom is 0.248 e. The number of anilines is 1. The normalized spacial score (nSPS) is 15.6. The highest BCUT2D eigenvalue weighted by molar-refractivity contribution is 7.22. The van der Waals surface area contributed by atoms with E-state index in [2.05, 4.69) is 4.98 Å². The van der Waals surface area contributed by atoms with E-state index in [-0.39, 0.29) is 49.5 Å². The first-order valence-electron chi connectivity index (χ1n) is 9.41. The number of imide groups is 1. The molecule has 1 saturated heterocycles. The summed E-state index contributed by atoms with van der Waals surface area (Å²) >= 11 is 1.37. The van der Waals surface area contributed by atoms with E-state index >= 15 is 0 Å². The number of nitrogens with zero attached hydrogens (tertiary/aromatic N) is 4. The van der Waals surface area contributed by atoms with Gasteiger partial charge in [0.25, 0.3) is 0 Å². The van der Waals surface area contributed by atoms with Crippen LogP contribution in [0.2, 0.25) is 0 Å². The molecule has 2 aliphatic rings. The van der Waals surface area contributed by atoms with Crippen molar-refractivity contribution in [2.75, 3.05) is 51.8 Å². The molecule has 0 bridgehead atoms. The number of rotatable bonds is 6. The number of thiazole rings is 1. The van der Waals surface area contributed by atoms with Gasteiger partial charge in [-0.05, 0) is 14.1 Å². The van der Waals surface area contributed by atoms with E-state index in [1.807, 2.05) is 31.1 Å². The first-order chi connectivity index (χ1) is 13.9. The fourth-order valence-electron chi connectivity index (χ4n) is 3.22. The average Bonchev–Trinajstić information content (AvgIpc) is 3.23. The minimum absolute atomic E-state index is 0. The van der Waals surface area contributed by atoms with Crippen molar-refractivity contribution >= 4 is 56.8 Å². The topological polar surface area (TPSA) is 92.3 Å². The van der Waals surface area contributed by atoms with Crippen molar-refractivity contribution in [2.45, 2.75) is 12.8 Å². The smallest absolute Gasteiger partial charge is 0.248 e. The van der Waals surface area contributed by atoms with Crippen LogP contribution in [0.3, 0.4) is 0 Å². The molecule has 2 aromatic rings. The van der Waals surface area contributed by atoms with E-state index in [4.69, 9.17) is 9.47 Å². The lowest BCUT2D eigenvalue weighted by Gasteiger charge is -2.24. The van der Waals surface area contributed by atoms with Crippen LogP contribution in [0.25, 0.3) is 10.2 Å². The van der Waals surface area contributed by atoms with Gasteiger partial charge in [-0.3, -0.25) is 24.2 Å². The van der Waals surface area contributed by atoms with E-state index in [0.29, 0.717) is 48.5 Å². The quantitative estimate of drug-likeness (QED) is 0.611. The van der Waals surface area contributed by atoms with Gasteiger partial charge in [-0.25, -0.2) is 4.98 Å². The average molecular weight is 455 g/mol. The molecular formula is C19H23ClN4O5S. The molecule has 1 aromatic carbocycles. The Hall–Kier alpha value is -2.43.